The molecule has 0 atom stereocenters. The number of hydrogen-bond donors (Lipinski definition) is 1. The van der Waals surface area contributed by atoms with E-state index in [1.165, 1.54) is 16.7 Å². The predicted octanol–water partition coefficient (Wildman–Crippen LogP) is 4.44. The van der Waals surface area contributed by atoms with E-state index in [0.29, 0.717) is 5.69 Å². The van der Waals surface area contributed by atoms with Gasteiger partial charge >= 0.3 is 0 Å². The molecule has 8 heteroatoms. The number of aromatic nitrogens is 1. The number of rotatable bonds is 5. The van der Waals surface area contributed by atoms with Gasteiger partial charge in [0, 0.05) is 24.8 Å². The Hall–Kier alpha value is -2.98. The van der Waals surface area contributed by atoms with Crippen LogP contribution in [0.1, 0.15) is 59.3 Å². The zero-order valence-corrected chi connectivity index (χ0v) is 17.6. The number of anilines is 1. The molecule has 2 aromatic rings. The first kappa shape index (κ1) is 22.3. The second-order valence-electron chi connectivity index (χ2n) is 7.93. The highest BCUT2D eigenvalue weighted by Gasteiger charge is 2.31. The average Bonchev–Trinajstić information content (AvgIpc) is 2.83. The van der Waals surface area contributed by atoms with Gasteiger partial charge in [0.2, 0.25) is 11.6 Å². The number of halogens is 2. The minimum atomic E-state index is -0.745. The maximum absolute atomic E-state index is 13.5. The van der Waals surface area contributed by atoms with Crippen molar-refractivity contribution >= 4 is 34.8 Å². The molecule has 0 fully saturated rings. The van der Waals surface area contributed by atoms with Crippen molar-refractivity contribution in [3.63, 3.8) is 0 Å². The Bertz CT molecular complexity index is 1060. The van der Waals surface area contributed by atoms with E-state index in [1.54, 1.807) is 20.0 Å². The van der Waals surface area contributed by atoms with Gasteiger partial charge in [-0.05, 0) is 30.5 Å². The zero-order chi connectivity index (χ0) is 22.1. The van der Waals surface area contributed by atoms with Gasteiger partial charge in [0.1, 0.15) is 17.6 Å². The van der Waals surface area contributed by atoms with Crippen molar-refractivity contribution in [3.05, 3.63) is 51.6 Å². The molecular weight excluding hydrogens is 397 g/mol. The van der Waals surface area contributed by atoms with Crippen LogP contribution in [0.15, 0.2) is 18.2 Å². The van der Waals surface area contributed by atoms with E-state index in [9.17, 15) is 18.8 Å². The molecule has 0 spiro atoms. The van der Waals surface area contributed by atoms with Crippen molar-refractivity contribution in [1.29, 1.82) is 5.26 Å². The normalized spacial score (nSPS) is 11.1. The summed E-state index contributed by atoms with van der Waals surface area (Å²) in [4.78, 5) is 37.8. The summed E-state index contributed by atoms with van der Waals surface area (Å²) in [7, 11) is 1.55. The molecule has 1 heterocycles. The first-order valence-electron chi connectivity index (χ1n) is 8.80. The summed E-state index contributed by atoms with van der Waals surface area (Å²) in [5.41, 5.74) is -0.0444. The van der Waals surface area contributed by atoms with Gasteiger partial charge in [0.15, 0.2) is 0 Å². The maximum Gasteiger partial charge on any atom is 0.273 e. The molecule has 0 aliphatic carbocycles. The third kappa shape index (κ3) is 4.72. The monoisotopic (exact) mass is 417 g/mol. The van der Waals surface area contributed by atoms with Crippen LogP contribution in [0.25, 0.3) is 0 Å². The van der Waals surface area contributed by atoms with E-state index in [0.717, 1.165) is 6.07 Å². The number of nitrogens with one attached hydrogen (secondary N) is 1. The highest BCUT2D eigenvalue weighted by Crippen LogP contribution is 2.30. The molecule has 0 unspecified atom stereocenters. The van der Waals surface area contributed by atoms with Crippen LogP contribution in [0.5, 0.6) is 0 Å². The van der Waals surface area contributed by atoms with Gasteiger partial charge in [-0.2, -0.15) is 5.26 Å². The molecule has 2 rings (SSSR count). The Morgan fingerprint density at radius 2 is 1.90 bits per heavy atom. The molecule has 0 saturated heterocycles. The summed E-state index contributed by atoms with van der Waals surface area (Å²) in [6, 6.07) is 5.25. The molecule has 0 bridgehead atoms. The minimum Gasteiger partial charge on any atom is -0.342 e. The Balaban J connectivity index is 2.39. The Kier molecular flexibility index (Phi) is 6.29. The quantitative estimate of drug-likeness (QED) is 0.575. The number of nitrogens with zero attached hydrogens (tertiary/aromatic N) is 2. The third-order valence-electron chi connectivity index (χ3n) is 4.36. The summed E-state index contributed by atoms with van der Waals surface area (Å²) >= 11 is 6.32. The van der Waals surface area contributed by atoms with Crippen LogP contribution < -0.4 is 5.32 Å². The molecular formula is C21H21ClFN3O3. The molecule has 0 aliphatic rings. The van der Waals surface area contributed by atoms with Crippen LogP contribution in [0.4, 0.5) is 10.1 Å². The lowest BCUT2D eigenvalue weighted by atomic mass is 9.87. The maximum atomic E-state index is 13.5. The van der Waals surface area contributed by atoms with Crippen molar-refractivity contribution in [2.75, 3.05) is 5.32 Å². The number of hydrogen-bond acceptors (Lipinski definition) is 4. The molecule has 0 aliphatic heterocycles. The average molecular weight is 418 g/mol. The van der Waals surface area contributed by atoms with Crippen molar-refractivity contribution in [2.45, 2.75) is 34.1 Å². The number of carbonyl (C=O) groups is 3. The van der Waals surface area contributed by atoms with Gasteiger partial charge in [0.25, 0.3) is 5.91 Å². The van der Waals surface area contributed by atoms with Crippen LogP contribution in [-0.4, -0.2) is 22.0 Å². The zero-order valence-electron chi connectivity index (χ0n) is 16.8. The molecule has 1 aromatic heterocycles. The lowest BCUT2D eigenvalue weighted by Crippen LogP contribution is -2.21. The fourth-order valence-electron chi connectivity index (χ4n) is 2.86. The van der Waals surface area contributed by atoms with Crippen molar-refractivity contribution < 1.29 is 18.8 Å². The lowest BCUT2D eigenvalue weighted by Gasteiger charge is -2.16. The molecule has 6 nitrogen and oxygen atoms in total. The Morgan fingerprint density at radius 1 is 1.28 bits per heavy atom. The fourth-order valence-corrected chi connectivity index (χ4v) is 3.29. The van der Waals surface area contributed by atoms with Gasteiger partial charge < -0.3 is 9.88 Å². The number of Topliss-reactive ketones (excluding diaryl/α,β-unsaturated/α-hetero) is 2. The number of benzene rings is 1. The van der Waals surface area contributed by atoms with E-state index in [1.807, 2.05) is 20.8 Å². The summed E-state index contributed by atoms with van der Waals surface area (Å²) in [5, 5.41) is 11.3. The summed E-state index contributed by atoms with van der Waals surface area (Å²) in [6.07, 6.45) is 0.0462. The van der Waals surface area contributed by atoms with Gasteiger partial charge in [-0.3, -0.25) is 14.4 Å². The third-order valence-corrected chi connectivity index (χ3v) is 4.73. The highest BCUT2D eigenvalue weighted by molar-refractivity contribution is 6.49. The topological polar surface area (TPSA) is 92.0 Å². The second-order valence-corrected chi connectivity index (χ2v) is 8.31. The molecule has 0 radical (unpaired) electrons. The molecule has 29 heavy (non-hydrogen) atoms. The van der Waals surface area contributed by atoms with Crippen LogP contribution >= 0.6 is 11.6 Å². The van der Waals surface area contributed by atoms with Crippen molar-refractivity contribution in [1.82, 2.24) is 4.57 Å². The fraction of sp³-hybridized carbons (Fsp3) is 0.333. The van der Waals surface area contributed by atoms with Crippen molar-refractivity contribution in [2.24, 2.45) is 12.5 Å². The smallest absolute Gasteiger partial charge is 0.273 e. The minimum absolute atomic E-state index is 0.00890. The molecule has 0 saturated carbocycles. The standard InChI is InChI=1S/C21H21ClFN3O3/c1-11-16(19(28)15(27)9-21(2,3)4)17(22)18(26(11)5)20(29)25-13-6-7-14(23)12(8-13)10-24/h6-8H,9H2,1-5H3,(H,25,29). The molecule has 1 aromatic carbocycles. The Labute approximate surface area is 173 Å². The number of amides is 1. The van der Waals surface area contributed by atoms with Gasteiger partial charge in [-0.1, -0.05) is 32.4 Å². The largest absolute Gasteiger partial charge is 0.342 e. The second kappa shape index (κ2) is 8.18. The molecule has 152 valence electrons. The van der Waals surface area contributed by atoms with Crippen LogP contribution in [-0.2, 0) is 11.8 Å². The van der Waals surface area contributed by atoms with Gasteiger partial charge in [0.05, 0.1) is 16.1 Å². The van der Waals surface area contributed by atoms with Crippen molar-refractivity contribution in [3.8, 4) is 6.07 Å². The number of nitriles is 1. The Morgan fingerprint density at radius 3 is 2.45 bits per heavy atom. The van der Waals surface area contributed by atoms with E-state index in [4.69, 9.17) is 16.9 Å². The highest BCUT2D eigenvalue weighted by atomic mass is 35.5. The van der Waals surface area contributed by atoms with Crippen LogP contribution in [0.2, 0.25) is 5.02 Å². The van der Waals surface area contributed by atoms with Crippen LogP contribution in [0.3, 0.4) is 0 Å². The van der Waals surface area contributed by atoms with E-state index in [2.05, 4.69) is 5.32 Å². The van der Waals surface area contributed by atoms with E-state index >= 15 is 0 Å². The summed E-state index contributed by atoms with van der Waals surface area (Å²) in [5.74, 6) is -2.69. The number of carbonyl (C=O) groups excluding carboxylic acids is 3. The predicted molar refractivity (Wildman–Crippen MR) is 108 cm³/mol. The van der Waals surface area contributed by atoms with Crippen LogP contribution in [0, 0.1) is 29.5 Å². The first-order chi connectivity index (χ1) is 13.4. The summed E-state index contributed by atoms with van der Waals surface area (Å²) < 4.78 is 14.9. The van der Waals surface area contributed by atoms with Gasteiger partial charge in [-0.15, -0.1) is 0 Å². The number of ketones is 2. The van der Waals surface area contributed by atoms with Gasteiger partial charge in [-0.25, -0.2) is 4.39 Å². The van der Waals surface area contributed by atoms with E-state index < -0.39 is 23.3 Å². The van der Waals surface area contributed by atoms with E-state index in [-0.39, 0.29) is 39.4 Å². The lowest BCUT2D eigenvalue weighted by molar-refractivity contribution is -0.116. The first-order valence-corrected chi connectivity index (χ1v) is 9.18. The molecule has 1 N–H and O–H groups in total. The molecule has 1 amide bonds. The SMILES string of the molecule is Cc1c(C(=O)C(=O)CC(C)(C)C)c(Cl)c(C(=O)Nc2ccc(F)c(C#N)c2)n1C. The summed E-state index contributed by atoms with van der Waals surface area (Å²) in [6.45, 7) is 7.12.